The molecule has 0 aliphatic heterocycles. The average molecular weight is 297 g/mol. The molecule has 0 aromatic heterocycles. The van der Waals surface area contributed by atoms with Gasteiger partial charge >= 0.3 is 0 Å². The molecule has 0 radical (unpaired) electrons. The Morgan fingerprint density at radius 1 is 1.00 bits per heavy atom. The van der Waals surface area contributed by atoms with Gasteiger partial charge in [0.15, 0.2) is 11.9 Å². The molecule has 4 heteroatoms. The number of ketones is 1. The lowest BCUT2D eigenvalue weighted by atomic mass is 10.0. The van der Waals surface area contributed by atoms with Crippen LogP contribution in [0.1, 0.15) is 29.8 Å². The largest absolute Gasteiger partial charge is 0.481 e. The molecule has 0 spiro atoms. The number of rotatable bonds is 6. The van der Waals surface area contributed by atoms with E-state index in [4.69, 9.17) is 4.74 Å². The molecule has 2 aromatic carbocycles. The Hall–Kier alpha value is -2.62. The summed E-state index contributed by atoms with van der Waals surface area (Å²) in [7, 11) is 0. The van der Waals surface area contributed by atoms with Crippen LogP contribution in [0.15, 0.2) is 54.6 Å². The van der Waals surface area contributed by atoms with Crippen molar-refractivity contribution in [1.82, 2.24) is 5.32 Å². The zero-order valence-electron chi connectivity index (χ0n) is 12.7. The maximum Gasteiger partial charge on any atom is 0.260 e. The highest BCUT2D eigenvalue weighted by Crippen LogP contribution is 2.16. The topological polar surface area (TPSA) is 55.4 Å². The third kappa shape index (κ3) is 3.95. The number of hydrogen-bond acceptors (Lipinski definition) is 3. The lowest BCUT2D eigenvalue weighted by Crippen LogP contribution is -2.36. The van der Waals surface area contributed by atoms with E-state index in [2.05, 4.69) is 5.32 Å². The quantitative estimate of drug-likeness (QED) is 0.834. The Labute approximate surface area is 130 Å². The maximum absolute atomic E-state index is 12.3. The molecule has 114 valence electrons. The van der Waals surface area contributed by atoms with Gasteiger partial charge in [0, 0.05) is 17.7 Å². The van der Waals surface area contributed by atoms with E-state index in [-0.39, 0.29) is 11.7 Å². The van der Waals surface area contributed by atoms with E-state index in [1.54, 1.807) is 43.3 Å². The van der Waals surface area contributed by atoms with Crippen molar-refractivity contribution in [2.45, 2.75) is 20.0 Å². The molecule has 0 aliphatic rings. The average Bonchev–Trinajstić information content (AvgIpc) is 2.56. The number of amides is 1. The van der Waals surface area contributed by atoms with Crippen molar-refractivity contribution in [1.29, 1.82) is 0 Å². The first kappa shape index (κ1) is 15.8. The summed E-state index contributed by atoms with van der Waals surface area (Å²) in [6, 6.07) is 15.9. The summed E-state index contributed by atoms with van der Waals surface area (Å²) in [4.78, 5) is 23.9. The van der Waals surface area contributed by atoms with E-state index >= 15 is 0 Å². The molecule has 0 aliphatic carbocycles. The molecular weight excluding hydrogens is 278 g/mol. The van der Waals surface area contributed by atoms with Crippen molar-refractivity contribution in [3.05, 3.63) is 65.7 Å². The highest BCUT2D eigenvalue weighted by molar-refractivity contribution is 6.08. The summed E-state index contributed by atoms with van der Waals surface area (Å²) >= 11 is 0. The third-order valence-corrected chi connectivity index (χ3v) is 3.19. The number of carbonyl (C=O) groups excluding carboxylic acids is 2. The molecule has 0 heterocycles. The van der Waals surface area contributed by atoms with Crippen LogP contribution in [-0.2, 0) is 4.79 Å². The number of ether oxygens (including phenoxy) is 1. The number of nitrogens with one attached hydrogen (secondary N) is 1. The van der Waals surface area contributed by atoms with Gasteiger partial charge in [-0.1, -0.05) is 30.3 Å². The first-order valence-corrected chi connectivity index (χ1v) is 7.26. The summed E-state index contributed by atoms with van der Waals surface area (Å²) in [5.74, 6) is 0.360. The fraction of sp³-hybridized carbons (Fsp3) is 0.222. The van der Waals surface area contributed by atoms with Crippen LogP contribution in [0.5, 0.6) is 5.75 Å². The highest BCUT2D eigenvalue weighted by atomic mass is 16.5. The van der Waals surface area contributed by atoms with Crippen LogP contribution < -0.4 is 10.1 Å². The molecule has 0 bridgehead atoms. The molecular formula is C18H19NO3. The standard InChI is InChI=1S/C18H19NO3/c1-3-19-18(21)13(2)22-16-11-9-15(10-12-16)17(20)14-7-5-4-6-8-14/h4-13H,3H2,1-2H3,(H,19,21)/t13-/m0/s1. The van der Waals surface area contributed by atoms with Gasteiger partial charge < -0.3 is 10.1 Å². The van der Waals surface area contributed by atoms with Crippen LogP contribution in [0.2, 0.25) is 0 Å². The number of carbonyl (C=O) groups is 2. The molecule has 0 fully saturated rings. The van der Waals surface area contributed by atoms with Crippen molar-refractivity contribution in [3.8, 4) is 5.75 Å². The second-order valence-electron chi connectivity index (χ2n) is 4.87. The normalized spacial score (nSPS) is 11.5. The van der Waals surface area contributed by atoms with E-state index < -0.39 is 6.10 Å². The SMILES string of the molecule is CCNC(=O)[C@H](C)Oc1ccc(C(=O)c2ccccc2)cc1. The minimum Gasteiger partial charge on any atom is -0.481 e. The van der Waals surface area contributed by atoms with Crippen LogP contribution in [0.4, 0.5) is 0 Å². The van der Waals surface area contributed by atoms with E-state index in [9.17, 15) is 9.59 Å². The first-order chi connectivity index (χ1) is 10.6. The summed E-state index contributed by atoms with van der Waals surface area (Å²) < 4.78 is 5.55. The Morgan fingerprint density at radius 2 is 1.59 bits per heavy atom. The number of benzene rings is 2. The van der Waals surface area contributed by atoms with E-state index in [1.165, 1.54) is 0 Å². The van der Waals surface area contributed by atoms with Gasteiger partial charge in [-0.15, -0.1) is 0 Å². The van der Waals surface area contributed by atoms with Crippen molar-refractivity contribution in [2.24, 2.45) is 0 Å². The van der Waals surface area contributed by atoms with Gasteiger partial charge in [-0.3, -0.25) is 9.59 Å². The van der Waals surface area contributed by atoms with Gasteiger partial charge in [0.05, 0.1) is 0 Å². The van der Waals surface area contributed by atoms with Crippen LogP contribution in [-0.4, -0.2) is 24.3 Å². The summed E-state index contributed by atoms with van der Waals surface area (Å²) in [6.45, 7) is 4.11. The number of likely N-dealkylation sites (N-methyl/N-ethyl adjacent to an activating group) is 1. The van der Waals surface area contributed by atoms with Gasteiger partial charge in [0.2, 0.25) is 0 Å². The fourth-order valence-corrected chi connectivity index (χ4v) is 2.02. The van der Waals surface area contributed by atoms with Gasteiger partial charge in [0.25, 0.3) is 5.91 Å². The van der Waals surface area contributed by atoms with Gasteiger partial charge in [-0.25, -0.2) is 0 Å². The molecule has 1 N–H and O–H groups in total. The monoisotopic (exact) mass is 297 g/mol. The zero-order chi connectivity index (χ0) is 15.9. The smallest absolute Gasteiger partial charge is 0.260 e. The predicted octanol–water partition coefficient (Wildman–Crippen LogP) is 2.82. The summed E-state index contributed by atoms with van der Waals surface area (Å²) in [5, 5.41) is 2.70. The molecule has 2 rings (SSSR count). The third-order valence-electron chi connectivity index (χ3n) is 3.19. The molecule has 0 saturated heterocycles. The van der Waals surface area contributed by atoms with Crippen molar-refractivity contribution in [2.75, 3.05) is 6.54 Å². The van der Waals surface area contributed by atoms with Crippen LogP contribution >= 0.6 is 0 Å². The summed E-state index contributed by atoms with van der Waals surface area (Å²) in [6.07, 6.45) is -0.573. The first-order valence-electron chi connectivity index (χ1n) is 7.26. The second-order valence-corrected chi connectivity index (χ2v) is 4.87. The lowest BCUT2D eigenvalue weighted by Gasteiger charge is -2.14. The van der Waals surface area contributed by atoms with E-state index in [0.717, 1.165) is 0 Å². The minimum atomic E-state index is -0.573. The fourth-order valence-electron chi connectivity index (χ4n) is 2.02. The Bertz CT molecular complexity index is 635. The molecule has 1 atom stereocenters. The van der Waals surface area contributed by atoms with Gasteiger partial charge in [-0.2, -0.15) is 0 Å². The lowest BCUT2D eigenvalue weighted by molar-refractivity contribution is -0.127. The van der Waals surface area contributed by atoms with Crippen LogP contribution in [0.3, 0.4) is 0 Å². The van der Waals surface area contributed by atoms with Gasteiger partial charge in [0.1, 0.15) is 5.75 Å². The zero-order valence-corrected chi connectivity index (χ0v) is 12.7. The molecule has 0 saturated carbocycles. The predicted molar refractivity (Wildman–Crippen MR) is 85.1 cm³/mol. The van der Waals surface area contributed by atoms with E-state index in [0.29, 0.717) is 23.4 Å². The van der Waals surface area contributed by atoms with Gasteiger partial charge in [-0.05, 0) is 38.1 Å². The van der Waals surface area contributed by atoms with Crippen molar-refractivity contribution < 1.29 is 14.3 Å². The molecule has 2 aromatic rings. The Kier molecular flexibility index (Phi) is 5.31. The van der Waals surface area contributed by atoms with Crippen molar-refractivity contribution >= 4 is 11.7 Å². The van der Waals surface area contributed by atoms with E-state index in [1.807, 2.05) is 25.1 Å². The highest BCUT2D eigenvalue weighted by Gasteiger charge is 2.14. The Morgan fingerprint density at radius 3 is 2.18 bits per heavy atom. The second kappa shape index (κ2) is 7.41. The summed E-state index contributed by atoms with van der Waals surface area (Å²) in [5.41, 5.74) is 1.23. The van der Waals surface area contributed by atoms with Crippen LogP contribution in [0, 0.1) is 0 Å². The Balaban J connectivity index is 2.04. The van der Waals surface area contributed by atoms with Crippen molar-refractivity contribution in [3.63, 3.8) is 0 Å². The minimum absolute atomic E-state index is 0.0380. The molecule has 1 amide bonds. The molecule has 4 nitrogen and oxygen atoms in total. The number of hydrogen-bond donors (Lipinski definition) is 1. The van der Waals surface area contributed by atoms with Crippen LogP contribution in [0.25, 0.3) is 0 Å². The maximum atomic E-state index is 12.3. The molecule has 22 heavy (non-hydrogen) atoms. The molecule has 0 unspecified atom stereocenters.